The van der Waals surface area contributed by atoms with Crippen molar-refractivity contribution in [2.24, 2.45) is 11.1 Å². The molecule has 20 heavy (non-hydrogen) atoms. The number of aromatic nitrogens is 2. The van der Waals surface area contributed by atoms with Crippen LogP contribution in [0, 0.1) is 5.41 Å². The van der Waals surface area contributed by atoms with Gasteiger partial charge in [0.05, 0.1) is 17.2 Å². The van der Waals surface area contributed by atoms with Crippen molar-refractivity contribution in [3.63, 3.8) is 0 Å². The molecular formula is C14H25BrN4O. The summed E-state index contributed by atoms with van der Waals surface area (Å²) in [6.45, 7) is 5.92. The smallest absolute Gasteiger partial charge is 0.189 e. The molecule has 0 bridgehead atoms. The van der Waals surface area contributed by atoms with E-state index in [0.29, 0.717) is 18.8 Å². The van der Waals surface area contributed by atoms with Crippen LogP contribution in [0.2, 0.25) is 0 Å². The van der Waals surface area contributed by atoms with E-state index < -0.39 is 5.41 Å². The van der Waals surface area contributed by atoms with Crippen molar-refractivity contribution in [3.8, 4) is 0 Å². The van der Waals surface area contributed by atoms with Crippen molar-refractivity contribution in [1.82, 2.24) is 14.7 Å². The first-order valence-corrected chi connectivity index (χ1v) is 7.82. The number of hydrogen-bond acceptors (Lipinski definition) is 4. The Balaban J connectivity index is 3.11. The van der Waals surface area contributed by atoms with Crippen LogP contribution in [0.15, 0.2) is 10.7 Å². The third-order valence-electron chi connectivity index (χ3n) is 3.99. The Morgan fingerprint density at radius 3 is 2.50 bits per heavy atom. The first-order chi connectivity index (χ1) is 9.41. The Labute approximate surface area is 129 Å². The lowest BCUT2D eigenvalue weighted by molar-refractivity contribution is 0.0773. The minimum absolute atomic E-state index is 0.0909. The SMILES string of the molecule is CCC(CC)(CN)C(=O)c1c(Br)cnn1CCN(C)C. The molecule has 1 heterocycles. The molecule has 0 saturated heterocycles. The lowest BCUT2D eigenvalue weighted by Crippen LogP contribution is -2.39. The maximum atomic E-state index is 12.9. The van der Waals surface area contributed by atoms with E-state index >= 15 is 0 Å². The summed E-state index contributed by atoms with van der Waals surface area (Å²) < 4.78 is 2.53. The summed E-state index contributed by atoms with van der Waals surface area (Å²) in [5.41, 5.74) is 6.04. The average molecular weight is 345 g/mol. The number of nitrogens with two attached hydrogens (primary N) is 1. The van der Waals surface area contributed by atoms with Gasteiger partial charge >= 0.3 is 0 Å². The number of nitrogens with zero attached hydrogens (tertiary/aromatic N) is 3. The van der Waals surface area contributed by atoms with Gasteiger partial charge < -0.3 is 10.6 Å². The summed E-state index contributed by atoms with van der Waals surface area (Å²) in [5, 5.41) is 4.31. The van der Waals surface area contributed by atoms with E-state index in [4.69, 9.17) is 5.73 Å². The van der Waals surface area contributed by atoms with Gasteiger partial charge in [-0.15, -0.1) is 0 Å². The van der Waals surface area contributed by atoms with E-state index in [1.54, 1.807) is 10.9 Å². The van der Waals surface area contributed by atoms with E-state index in [9.17, 15) is 4.79 Å². The lowest BCUT2D eigenvalue weighted by Gasteiger charge is -2.28. The Kier molecular flexibility index (Phi) is 6.36. The van der Waals surface area contributed by atoms with Crippen LogP contribution in [0.25, 0.3) is 0 Å². The Hall–Kier alpha value is -0.720. The van der Waals surface area contributed by atoms with Gasteiger partial charge in [0.1, 0.15) is 5.69 Å². The molecule has 0 aliphatic rings. The van der Waals surface area contributed by atoms with Gasteiger partial charge in [-0.05, 0) is 42.9 Å². The Morgan fingerprint density at radius 2 is 2.05 bits per heavy atom. The third-order valence-corrected chi connectivity index (χ3v) is 4.58. The molecule has 0 fully saturated rings. The number of likely N-dealkylation sites (N-methyl/N-ethyl adjacent to an activating group) is 1. The summed E-state index contributed by atoms with van der Waals surface area (Å²) in [5.74, 6) is 0.0909. The van der Waals surface area contributed by atoms with E-state index in [0.717, 1.165) is 23.9 Å². The van der Waals surface area contributed by atoms with Gasteiger partial charge in [-0.3, -0.25) is 9.48 Å². The Bertz CT molecular complexity index is 444. The average Bonchev–Trinajstić information content (AvgIpc) is 2.79. The molecule has 1 aromatic rings. The van der Waals surface area contributed by atoms with Crippen LogP contribution in [-0.4, -0.2) is 47.6 Å². The zero-order valence-electron chi connectivity index (χ0n) is 12.8. The standard InChI is InChI=1S/C14H25BrN4O/c1-5-14(6-2,10-16)13(20)12-11(15)9-17-19(12)8-7-18(3)4/h9H,5-8,10,16H2,1-4H3. The molecule has 0 radical (unpaired) electrons. The minimum atomic E-state index is -0.488. The normalized spacial score (nSPS) is 12.2. The van der Waals surface area contributed by atoms with Gasteiger partial charge in [-0.1, -0.05) is 13.8 Å². The van der Waals surface area contributed by atoms with Crippen LogP contribution < -0.4 is 5.73 Å². The molecule has 6 heteroatoms. The van der Waals surface area contributed by atoms with Crippen molar-refractivity contribution in [1.29, 1.82) is 0 Å². The van der Waals surface area contributed by atoms with Crippen LogP contribution >= 0.6 is 15.9 Å². The number of Topliss-reactive ketones (excluding diaryl/α,β-unsaturated/α-hetero) is 1. The maximum absolute atomic E-state index is 12.9. The molecule has 0 aliphatic heterocycles. The molecule has 0 amide bonds. The number of carbonyl (C=O) groups is 1. The fraction of sp³-hybridized carbons (Fsp3) is 0.714. The Morgan fingerprint density at radius 1 is 1.45 bits per heavy atom. The third kappa shape index (κ3) is 3.48. The second kappa shape index (κ2) is 7.33. The number of halogens is 1. The van der Waals surface area contributed by atoms with Crippen molar-refractivity contribution in [2.45, 2.75) is 33.2 Å². The molecule has 2 N–H and O–H groups in total. The highest BCUT2D eigenvalue weighted by Crippen LogP contribution is 2.32. The molecule has 0 saturated carbocycles. The predicted octanol–water partition coefficient (Wildman–Crippen LogP) is 2.16. The summed E-state index contributed by atoms with van der Waals surface area (Å²) in [6.07, 6.45) is 3.17. The van der Waals surface area contributed by atoms with Gasteiger partial charge in [0, 0.05) is 18.5 Å². The molecule has 1 rings (SSSR count). The van der Waals surface area contributed by atoms with Gasteiger partial charge in [0.2, 0.25) is 0 Å². The van der Waals surface area contributed by atoms with Gasteiger partial charge in [-0.25, -0.2) is 0 Å². The number of hydrogen-bond donors (Lipinski definition) is 1. The van der Waals surface area contributed by atoms with Crippen molar-refractivity contribution in [3.05, 3.63) is 16.4 Å². The lowest BCUT2D eigenvalue weighted by atomic mass is 9.77. The van der Waals surface area contributed by atoms with Crippen LogP contribution in [-0.2, 0) is 6.54 Å². The molecule has 0 aromatic carbocycles. The van der Waals surface area contributed by atoms with Crippen LogP contribution in [0.4, 0.5) is 0 Å². The van der Waals surface area contributed by atoms with E-state index in [-0.39, 0.29) is 5.78 Å². The van der Waals surface area contributed by atoms with Crippen LogP contribution in [0.1, 0.15) is 37.2 Å². The number of ketones is 1. The summed E-state index contributed by atoms with van der Waals surface area (Å²) in [4.78, 5) is 15.0. The second-order valence-electron chi connectivity index (χ2n) is 5.39. The molecule has 0 aliphatic carbocycles. The quantitative estimate of drug-likeness (QED) is 0.734. The molecule has 1 aromatic heterocycles. The van der Waals surface area contributed by atoms with Crippen molar-refractivity contribution in [2.75, 3.05) is 27.2 Å². The largest absolute Gasteiger partial charge is 0.329 e. The maximum Gasteiger partial charge on any atom is 0.189 e. The molecule has 114 valence electrons. The highest BCUT2D eigenvalue weighted by molar-refractivity contribution is 9.10. The van der Waals surface area contributed by atoms with Gasteiger partial charge in [0.15, 0.2) is 5.78 Å². The van der Waals surface area contributed by atoms with Crippen molar-refractivity contribution < 1.29 is 4.79 Å². The first-order valence-electron chi connectivity index (χ1n) is 7.02. The molecule has 0 unspecified atom stereocenters. The zero-order valence-corrected chi connectivity index (χ0v) is 14.4. The topological polar surface area (TPSA) is 64.2 Å². The fourth-order valence-corrected chi connectivity index (χ4v) is 2.73. The number of carbonyl (C=O) groups excluding carboxylic acids is 1. The second-order valence-corrected chi connectivity index (χ2v) is 6.24. The summed E-state index contributed by atoms with van der Waals surface area (Å²) in [6, 6.07) is 0. The van der Waals surface area contributed by atoms with Crippen LogP contribution in [0.3, 0.4) is 0 Å². The van der Waals surface area contributed by atoms with Crippen LogP contribution in [0.5, 0.6) is 0 Å². The molecule has 0 spiro atoms. The molecule has 5 nitrogen and oxygen atoms in total. The first kappa shape index (κ1) is 17.3. The monoisotopic (exact) mass is 344 g/mol. The fourth-order valence-electron chi connectivity index (χ4n) is 2.26. The molecule has 0 atom stereocenters. The highest BCUT2D eigenvalue weighted by atomic mass is 79.9. The number of rotatable bonds is 8. The molecular weight excluding hydrogens is 320 g/mol. The summed E-state index contributed by atoms with van der Waals surface area (Å²) in [7, 11) is 4.00. The van der Waals surface area contributed by atoms with E-state index in [1.807, 2.05) is 27.9 Å². The highest BCUT2D eigenvalue weighted by Gasteiger charge is 2.37. The van der Waals surface area contributed by atoms with Crippen molar-refractivity contribution >= 4 is 21.7 Å². The van der Waals surface area contributed by atoms with E-state index in [1.165, 1.54) is 0 Å². The van der Waals surface area contributed by atoms with Gasteiger partial charge in [-0.2, -0.15) is 5.10 Å². The van der Waals surface area contributed by atoms with E-state index in [2.05, 4.69) is 25.9 Å². The van der Waals surface area contributed by atoms with Gasteiger partial charge in [0.25, 0.3) is 0 Å². The minimum Gasteiger partial charge on any atom is -0.329 e. The predicted molar refractivity (Wildman–Crippen MR) is 84.9 cm³/mol. The summed E-state index contributed by atoms with van der Waals surface area (Å²) >= 11 is 3.45. The zero-order chi connectivity index (χ0) is 15.3.